The van der Waals surface area contributed by atoms with Gasteiger partial charge in [0.1, 0.15) is 0 Å². The van der Waals surface area contributed by atoms with Crippen LogP contribution < -0.4 is 23.7 Å². The Morgan fingerprint density at radius 2 is 1.33 bits per heavy atom. The smallest absolute Gasteiger partial charge is 0.203 e. The van der Waals surface area contributed by atoms with Crippen molar-refractivity contribution in [3.05, 3.63) is 41.5 Å². The Hall–Kier alpha value is -1.61. The van der Waals surface area contributed by atoms with Crippen molar-refractivity contribution >= 4 is 35.9 Å². The predicted octanol–water partition coefficient (Wildman–Crippen LogP) is 7.01. The highest BCUT2D eigenvalue weighted by Gasteiger charge is 2.43. The van der Waals surface area contributed by atoms with Crippen molar-refractivity contribution in [3.8, 4) is 28.7 Å². The van der Waals surface area contributed by atoms with E-state index in [9.17, 15) is 0 Å². The van der Waals surface area contributed by atoms with E-state index in [0.29, 0.717) is 11.8 Å². The van der Waals surface area contributed by atoms with E-state index < -0.39 is 0 Å². The molecule has 1 unspecified atom stereocenters. The van der Waals surface area contributed by atoms with Gasteiger partial charge in [0.25, 0.3) is 0 Å². The van der Waals surface area contributed by atoms with Crippen LogP contribution in [0.15, 0.2) is 30.3 Å². The van der Waals surface area contributed by atoms with Crippen LogP contribution >= 0.6 is 35.9 Å². The summed E-state index contributed by atoms with van der Waals surface area (Å²) < 4.78 is 28.1. The summed E-state index contributed by atoms with van der Waals surface area (Å²) in [7, 11) is 10.7. The van der Waals surface area contributed by atoms with Gasteiger partial charge in [0.15, 0.2) is 23.0 Å². The van der Waals surface area contributed by atoms with Crippen LogP contribution in [0.1, 0.15) is 50.2 Å². The fourth-order valence-corrected chi connectivity index (χ4v) is 9.30. The molecule has 218 valence electrons. The first-order chi connectivity index (χ1) is 18.3. The summed E-state index contributed by atoms with van der Waals surface area (Å²) in [6, 6.07) is 11.1. The summed E-state index contributed by atoms with van der Waals surface area (Å²) in [6.07, 6.45) is 5.91. The first-order valence-corrected chi connectivity index (χ1v) is 15.3. The van der Waals surface area contributed by atoms with E-state index in [0.717, 1.165) is 47.5 Å². The molecule has 0 radical (unpaired) electrons. The van der Waals surface area contributed by atoms with Gasteiger partial charge in [-0.25, -0.2) is 0 Å². The molecule has 1 saturated heterocycles. The average Bonchev–Trinajstić information content (AvgIpc) is 2.93. The van der Waals surface area contributed by atoms with E-state index in [1.165, 1.54) is 36.8 Å². The monoisotopic (exact) mass is 597 g/mol. The number of hydrogen-bond donors (Lipinski definition) is 0. The standard InChI is InChI=1S/C30H43NO5S2.ClH/c1-21(31(2)20-29(12-8-13-29)22-10-11-24(32-3)25(16-22)33-4)19-30(37-14-9-15-38-30)23-17-26(34-5)28(36-7)27(18-23)35-6;/h10-11,16-18,21H,8-9,12-15,19-20H2,1-7H3;1H. The van der Waals surface area contributed by atoms with E-state index in [4.69, 9.17) is 23.7 Å². The number of thioether (sulfide) groups is 2. The number of benzene rings is 2. The predicted molar refractivity (Wildman–Crippen MR) is 166 cm³/mol. The molecule has 9 heteroatoms. The summed E-state index contributed by atoms with van der Waals surface area (Å²) >= 11 is 4.12. The van der Waals surface area contributed by atoms with Crippen molar-refractivity contribution in [1.82, 2.24) is 4.90 Å². The third-order valence-electron chi connectivity index (χ3n) is 8.24. The number of ether oxygens (including phenoxy) is 5. The molecule has 2 aromatic carbocycles. The molecule has 39 heavy (non-hydrogen) atoms. The lowest BCUT2D eigenvalue weighted by Crippen LogP contribution is -2.48. The maximum Gasteiger partial charge on any atom is 0.203 e. The maximum absolute atomic E-state index is 5.73. The molecular weight excluding hydrogens is 554 g/mol. The second kappa shape index (κ2) is 13.8. The van der Waals surface area contributed by atoms with Gasteiger partial charge in [0.05, 0.1) is 39.6 Å². The summed E-state index contributed by atoms with van der Waals surface area (Å²) in [6.45, 7) is 3.39. The Labute approximate surface area is 249 Å². The molecule has 0 spiro atoms. The number of likely N-dealkylation sites (N-methyl/N-ethyl adjacent to an activating group) is 1. The Morgan fingerprint density at radius 3 is 1.82 bits per heavy atom. The van der Waals surface area contributed by atoms with Crippen molar-refractivity contribution < 1.29 is 23.7 Å². The Kier molecular flexibility index (Phi) is 11.3. The summed E-state index contributed by atoms with van der Waals surface area (Å²) in [5.41, 5.74) is 2.73. The number of nitrogens with zero attached hydrogens (tertiary/aromatic N) is 1. The first kappa shape index (κ1) is 31.9. The molecule has 1 heterocycles. The second-order valence-corrected chi connectivity index (χ2v) is 13.4. The van der Waals surface area contributed by atoms with Gasteiger partial charge in [-0.15, -0.1) is 35.9 Å². The van der Waals surface area contributed by atoms with Gasteiger partial charge in [0.2, 0.25) is 5.75 Å². The fraction of sp³-hybridized carbons (Fsp3) is 0.600. The lowest BCUT2D eigenvalue weighted by molar-refractivity contribution is 0.127. The highest BCUT2D eigenvalue weighted by atomic mass is 35.5. The fourth-order valence-electron chi connectivity index (χ4n) is 5.76. The summed E-state index contributed by atoms with van der Waals surface area (Å²) in [5.74, 6) is 5.97. The third-order valence-corrected chi connectivity index (χ3v) is 11.7. The molecule has 4 rings (SSSR count). The van der Waals surface area contributed by atoms with E-state index in [2.05, 4.69) is 66.7 Å². The molecule has 1 saturated carbocycles. The zero-order chi connectivity index (χ0) is 27.3. The van der Waals surface area contributed by atoms with Crippen LogP contribution in [-0.2, 0) is 9.49 Å². The number of halogens is 1. The minimum Gasteiger partial charge on any atom is -0.493 e. The van der Waals surface area contributed by atoms with E-state index in [-0.39, 0.29) is 21.9 Å². The van der Waals surface area contributed by atoms with E-state index >= 15 is 0 Å². The molecule has 2 fully saturated rings. The highest BCUT2D eigenvalue weighted by molar-refractivity contribution is 8.18. The zero-order valence-corrected chi connectivity index (χ0v) is 26.8. The number of methoxy groups -OCH3 is 5. The molecule has 0 bridgehead atoms. The molecule has 1 aliphatic carbocycles. The topological polar surface area (TPSA) is 49.4 Å². The van der Waals surface area contributed by atoms with Crippen LogP contribution in [0, 0.1) is 0 Å². The highest BCUT2D eigenvalue weighted by Crippen LogP contribution is 2.56. The van der Waals surface area contributed by atoms with Crippen LogP contribution in [0.3, 0.4) is 0 Å². The van der Waals surface area contributed by atoms with Crippen molar-refractivity contribution in [2.24, 2.45) is 0 Å². The minimum absolute atomic E-state index is 0. The Balaban J connectivity index is 0.00000420. The normalized spacial score (nSPS) is 18.4. The molecule has 1 atom stereocenters. The molecule has 2 aliphatic rings. The van der Waals surface area contributed by atoms with Gasteiger partial charge in [-0.1, -0.05) is 12.5 Å². The van der Waals surface area contributed by atoms with Crippen LogP contribution in [-0.4, -0.2) is 71.6 Å². The zero-order valence-electron chi connectivity index (χ0n) is 24.3. The van der Waals surface area contributed by atoms with Crippen molar-refractivity contribution in [2.45, 2.75) is 54.6 Å². The van der Waals surface area contributed by atoms with Gasteiger partial charge in [-0.2, -0.15) is 0 Å². The third kappa shape index (κ3) is 6.50. The van der Waals surface area contributed by atoms with Gasteiger partial charge in [-0.3, -0.25) is 0 Å². The van der Waals surface area contributed by atoms with Crippen molar-refractivity contribution in [3.63, 3.8) is 0 Å². The van der Waals surface area contributed by atoms with Crippen molar-refractivity contribution in [1.29, 1.82) is 0 Å². The Bertz CT molecular complexity index is 1070. The van der Waals surface area contributed by atoms with Crippen LogP contribution in [0.25, 0.3) is 0 Å². The Morgan fingerprint density at radius 1 is 0.769 bits per heavy atom. The molecule has 2 aromatic rings. The maximum atomic E-state index is 5.73. The number of hydrogen-bond acceptors (Lipinski definition) is 8. The average molecular weight is 598 g/mol. The van der Waals surface area contributed by atoms with E-state index in [1.54, 1.807) is 35.5 Å². The molecular formula is C30H44ClNO5S2. The van der Waals surface area contributed by atoms with Crippen molar-refractivity contribution in [2.75, 3.05) is 60.6 Å². The quantitative estimate of drug-likeness (QED) is 0.259. The summed E-state index contributed by atoms with van der Waals surface area (Å²) in [5, 5.41) is 0. The first-order valence-electron chi connectivity index (χ1n) is 13.4. The van der Waals surface area contributed by atoms with Gasteiger partial charge in [0, 0.05) is 18.0 Å². The SMILES string of the molecule is COc1ccc(C2(CN(C)C(C)CC3(c4cc(OC)c(OC)c(OC)c4)SCCCS3)CCC2)cc1OC.Cl. The molecule has 0 aromatic heterocycles. The molecule has 6 nitrogen and oxygen atoms in total. The molecule has 1 aliphatic heterocycles. The lowest BCUT2D eigenvalue weighted by atomic mass is 9.64. The lowest BCUT2D eigenvalue weighted by Gasteiger charge is -2.47. The van der Waals surface area contributed by atoms with E-state index in [1.807, 2.05) is 6.07 Å². The minimum atomic E-state index is -0.0745. The van der Waals surface area contributed by atoms with Gasteiger partial charge < -0.3 is 28.6 Å². The number of rotatable bonds is 12. The molecule has 0 N–H and O–H groups in total. The largest absolute Gasteiger partial charge is 0.493 e. The van der Waals surface area contributed by atoms with Gasteiger partial charge >= 0.3 is 0 Å². The van der Waals surface area contributed by atoms with Crippen LogP contribution in [0.2, 0.25) is 0 Å². The second-order valence-electron chi connectivity index (χ2n) is 10.4. The van der Waals surface area contributed by atoms with Crippen LogP contribution in [0.5, 0.6) is 28.7 Å². The summed E-state index contributed by atoms with van der Waals surface area (Å²) in [4.78, 5) is 2.56. The van der Waals surface area contributed by atoms with Crippen LogP contribution in [0.4, 0.5) is 0 Å². The molecule has 0 amide bonds. The van der Waals surface area contributed by atoms with Gasteiger partial charge in [-0.05, 0) is 86.6 Å².